The first-order chi connectivity index (χ1) is 5.24. The molecule has 11 heavy (non-hydrogen) atoms. The Bertz CT molecular complexity index is 191. The molecule has 0 aromatic heterocycles. The summed E-state index contributed by atoms with van der Waals surface area (Å²) in [5.74, 6) is -0.902. The van der Waals surface area contributed by atoms with Crippen LogP contribution in [0.25, 0.3) is 0 Å². The molecule has 0 aliphatic carbocycles. The van der Waals surface area contributed by atoms with Crippen LogP contribution in [0.3, 0.4) is 0 Å². The predicted molar refractivity (Wildman–Crippen MR) is 37.8 cm³/mol. The highest BCUT2D eigenvalue weighted by atomic mass is 16.4. The summed E-state index contributed by atoms with van der Waals surface area (Å²) in [5.41, 5.74) is 11.3. The van der Waals surface area contributed by atoms with E-state index < -0.39 is 5.97 Å². The second kappa shape index (κ2) is 3.22. The lowest BCUT2D eigenvalue weighted by Gasteiger charge is -2.17. The van der Waals surface area contributed by atoms with Crippen molar-refractivity contribution in [2.75, 3.05) is 13.1 Å². The van der Waals surface area contributed by atoms with Crippen LogP contribution < -0.4 is 16.7 Å². The normalized spacial score (nSPS) is 16.1. The highest BCUT2D eigenvalue weighted by molar-refractivity contribution is 5.69. The maximum absolute atomic E-state index is 10.2. The van der Waals surface area contributed by atoms with E-state index in [9.17, 15) is 4.79 Å². The second-order valence-electron chi connectivity index (χ2n) is 2.08. The molecule has 0 saturated heterocycles. The van der Waals surface area contributed by atoms with Gasteiger partial charge in [0.2, 0.25) is 0 Å². The molecule has 0 spiro atoms. The molecule has 0 bridgehead atoms. The van der Waals surface area contributed by atoms with Gasteiger partial charge in [0.05, 0.1) is 5.70 Å². The van der Waals surface area contributed by atoms with E-state index in [1.54, 1.807) is 6.20 Å². The van der Waals surface area contributed by atoms with E-state index >= 15 is 0 Å². The van der Waals surface area contributed by atoms with Gasteiger partial charge in [0, 0.05) is 12.7 Å². The van der Waals surface area contributed by atoms with E-state index in [4.69, 9.17) is 10.8 Å². The number of carboxylic acid groups (broad SMARTS) is 1. The largest absolute Gasteiger partial charge is 0.480 e. The molecule has 1 heterocycles. The van der Waals surface area contributed by atoms with Gasteiger partial charge in [-0.25, -0.2) is 0 Å². The van der Waals surface area contributed by atoms with Gasteiger partial charge >= 0.3 is 5.97 Å². The standard InChI is InChI=1S/C5H10N4O2/c6-1-4-2-7-8-9(4)3-5(10)11/h2,7-8H,1,3,6H2,(H,10,11). The monoisotopic (exact) mass is 158 g/mol. The Balaban J connectivity index is 2.46. The Morgan fingerprint density at radius 3 is 3.09 bits per heavy atom. The smallest absolute Gasteiger partial charge is 0.324 e. The van der Waals surface area contributed by atoms with Gasteiger partial charge in [-0.1, -0.05) is 0 Å². The predicted octanol–water partition coefficient (Wildman–Crippen LogP) is -1.80. The zero-order valence-corrected chi connectivity index (χ0v) is 5.87. The third-order valence-electron chi connectivity index (χ3n) is 1.29. The van der Waals surface area contributed by atoms with Crippen LogP contribution in [0.5, 0.6) is 0 Å². The van der Waals surface area contributed by atoms with Crippen LogP contribution in [0.4, 0.5) is 0 Å². The number of carbonyl (C=O) groups is 1. The number of aliphatic carboxylic acids is 1. The average Bonchev–Trinajstić information content (AvgIpc) is 2.34. The van der Waals surface area contributed by atoms with E-state index in [1.165, 1.54) is 5.01 Å². The van der Waals surface area contributed by atoms with Crippen molar-refractivity contribution in [3.63, 3.8) is 0 Å². The number of carboxylic acids is 1. The zero-order chi connectivity index (χ0) is 8.27. The van der Waals surface area contributed by atoms with Crippen molar-refractivity contribution in [1.82, 2.24) is 16.0 Å². The average molecular weight is 158 g/mol. The van der Waals surface area contributed by atoms with Gasteiger partial charge in [0.15, 0.2) is 0 Å². The van der Waals surface area contributed by atoms with Gasteiger partial charge in [-0.3, -0.25) is 9.80 Å². The fraction of sp³-hybridized carbons (Fsp3) is 0.400. The fourth-order valence-electron chi connectivity index (χ4n) is 0.789. The van der Waals surface area contributed by atoms with E-state index in [2.05, 4.69) is 11.0 Å². The zero-order valence-electron chi connectivity index (χ0n) is 5.87. The van der Waals surface area contributed by atoms with Crippen molar-refractivity contribution in [2.45, 2.75) is 0 Å². The van der Waals surface area contributed by atoms with Gasteiger partial charge in [0.25, 0.3) is 0 Å². The van der Waals surface area contributed by atoms with Gasteiger partial charge in [-0.15, -0.1) is 5.53 Å². The van der Waals surface area contributed by atoms with E-state index in [1.807, 2.05) is 0 Å². The molecule has 0 atom stereocenters. The minimum absolute atomic E-state index is 0.101. The Morgan fingerprint density at radius 2 is 2.55 bits per heavy atom. The lowest BCUT2D eigenvalue weighted by atomic mass is 10.4. The summed E-state index contributed by atoms with van der Waals surface area (Å²) in [7, 11) is 0. The summed E-state index contributed by atoms with van der Waals surface area (Å²) in [4.78, 5) is 10.2. The molecule has 0 saturated carbocycles. The van der Waals surface area contributed by atoms with Gasteiger partial charge < -0.3 is 16.3 Å². The number of hydrazine groups is 2. The van der Waals surface area contributed by atoms with E-state index in [0.717, 1.165) is 5.70 Å². The molecule has 6 nitrogen and oxygen atoms in total. The highest BCUT2D eigenvalue weighted by Gasteiger charge is 2.15. The molecular weight excluding hydrogens is 148 g/mol. The summed E-state index contributed by atoms with van der Waals surface area (Å²) in [6.07, 6.45) is 1.63. The van der Waals surface area contributed by atoms with Crippen LogP contribution >= 0.6 is 0 Å². The van der Waals surface area contributed by atoms with Crippen molar-refractivity contribution in [3.05, 3.63) is 11.9 Å². The topological polar surface area (TPSA) is 90.6 Å². The summed E-state index contributed by atoms with van der Waals surface area (Å²) in [6.45, 7) is 0.212. The first kappa shape index (κ1) is 7.83. The van der Waals surface area contributed by atoms with Crippen molar-refractivity contribution in [3.8, 4) is 0 Å². The highest BCUT2D eigenvalue weighted by Crippen LogP contribution is 2.00. The molecule has 1 aliphatic heterocycles. The minimum atomic E-state index is -0.902. The Kier molecular flexibility index (Phi) is 2.29. The summed E-state index contributed by atoms with van der Waals surface area (Å²) >= 11 is 0. The van der Waals surface area contributed by atoms with Crippen molar-refractivity contribution < 1.29 is 9.90 Å². The lowest BCUT2D eigenvalue weighted by molar-refractivity contribution is -0.138. The Hall–Kier alpha value is -1.27. The Labute approximate surface area is 63.6 Å². The fourth-order valence-corrected chi connectivity index (χ4v) is 0.789. The number of nitrogens with two attached hydrogens (primary N) is 1. The molecule has 0 radical (unpaired) electrons. The van der Waals surface area contributed by atoms with Crippen molar-refractivity contribution in [2.24, 2.45) is 5.73 Å². The van der Waals surface area contributed by atoms with Crippen molar-refractivity contribution in [1.29, 1.82) is 0 Å². The van der Waals surface area contributed by atoms with Gasteiger partial charge in [-0.05, 0) is 0 Å². The van der Waals surface area contributed by atoms with Crippen LogP contribution in [0, 0.1) is 0 Å². The number of nitrogens with zero attached hydrogens (tertiary/aromatic N) is 1. The molecule has 0 aromatic carbocycles. The van der Waals surface area contributed by atoms with Crippen LogP contribution in [-0.2, 0) is 4.79 Å². The number of hydrogen-bond donors (Lipinski definition) is 4. The van der Waals surface area contributed by atoms with E-state index in [0.29, 0.717) is 6.54 Å². The first-order valence-electron chi connectivity index (χ1n) is 3.13. The van der Waals surface area contributed by atoms with Crippen LogP contribution in [0.15, 0.2) is 11.9 Å². The van der Waals surface area contributed by atoms with Crippen molar-refractivity contribution >= 4 is 5.97 Å². The molecule has 6 heteroatoms. The Morgan fingerprint density at radius 1 is 1.82 bits per heavy atom. The molecule has 1 aliphatic rings. The first-order valence-corrected chi connectivity index (χ1v) is 3.13. The van der Waals surface area contributed by atoms with Gasteiger partial charge in [0.1, 0.15) is 6.54 Å². The molecule has 0 unspecified atom stereocenters. The minimum Gasteiger partial charge on any atom is -0.480 e. The second-order valence-corrected chi connectivity index (χ2v) is 2.08. The molecule has 0 fully saturated rings. The van der Waals surface area contributed by atoms with E-state index in [-0.39, 0.29) is 6.54 Å². The number of nitrogens with one attached hydrogen (secondary N) is 2. The third kappa shape index (κ3) is 1.82. The lowest BCUT2D eigenvalue weighted by Crippen LogP contribution is -2.41. The molecule has 1 rings (SSSR count). The number of hydrogen-bond acceptors (Lipinski definition) is 5. The molecule has 5 N–H and O–H groups in total. The SMILES string of the molecule is NCC1=CNNN1CC(=O)O. The molecule has 62 valence electrons. The molecular formula is C5H10N4O2. The third-order valence-corrected chi connectivity index (χ3v) is 1.29. The van der Waals surface area contributed by atoms with Crippen LogP contribution in [0.2, 0.25) is 0 Å². The molecule has 0 aromatic rings. The summed E-state index contributed by atoms with van der Waals surface area (Å²) in [6, 6.07) is 0. The summed E-state index contributed by atoms with van der Waals surface area (Å²) in [5, 5.41) is 9.84. The van der Waals surface area contributed by atoms with Gasteiger partial charge in [-0.2, -0.15) is 0 Å². The maximum Gasteiger partial charge on any atom is 0.324 e. The quantitative estimate of drug-likeness (QED) is 0.387. The summed E-state index contributed by atoms with van der Waals surface area (Å²) < 4.78 is 0. The number of rotatable bonds is 3. The maximum atomic E-state index is 10.2. The van der Waals surface area contributed by atoms with Crippen LogP contribution in [-0.4, -0.2) is 29.2 Å². The molecule has 0 amide bonds. The van der Waals surface area contributed by atoms with Crippen LogP contribution in [0.1, 0.15) is 0 Å².